The Balaban J connectivity index is 3.28. The summed E-state index contributed by atoms with van der Waals surface area (Å²) in [7, 11) is 1.36. The van der Waals surface area contributed by atoms with Crippen LogP contribution in [-0.4, -0.2) is 40.7 Å². The molecule has 0 aromatic heterocycles. The largest absolute Gasteiger partial charge is 0.504 e. The Morgan fingerprint density at radius 3 is 2.45 bits per heavy atom. The highest BCUT2D eigenvalue weighted by atomic mass is 35.5. The summed E-state index contributed by atoms with van der Waals surface area (Å²) in [5.74, 6) is -1.51. The molecule has 7 nitrogen and oxygen atoms in total. The van der Waals surface area contributed by atoms with Crippen LogP contribution in [0.3, 0.4) is 0 Å². The van der Waals surface area contributed by atoms with Crippen molar-refractivity contribution in [1.29, 1.82) is 5.41 Å². The lowest BCUT2D eigenvalue weighted by Crippen LogP contribution is -2.47. The molecule has 0 radical (unpaired) electrons. The monoisotopic (exact) mass is 320 g/mol. The molecule has 0 aliphatic heterocycles. The smallest absolute Gasteiger partial charge is 0.331 e. The molecule has 0 aliphatic rings. The Bertz CT molecular complexity index is 565. The summed E-state index contributed by atoms with van der Waals surface area (Å²) < 4.78 is 0. The SMILES string of the molecule is CCN(C(=N)N)C(=O)N(C)c1c(Cl)cc(O)c(O)c1Cl. The van der Waals surface area contributed by atoms with Gasteiger partial charge in [0.2, 0.25) is 0 Å². The molecule has 1 aromatic rings. The first-order valence-corrected chi connectivity index (χ1v) is 6.27. The van der Waals surface area contributed by atoms with Crippen LogP contribution in [0.5, 0.6) is 11.5 Å². The lowest BCUT2D eigenvalue weighted by Gasteiger charge is -2.27. The van der Waals surface area contributed by atoms with Crippen molar-refractivity contribution in [2.75, 3.05) is 18.5 Å². The molecule has 0 aliphatic carbocycles. The fourth-order valence-corrected chi connectivity index (χ4v) is 2.28. The molecule has 0 unspecified atom stereocenters. The lowest BCUT2D eigenvalue weighted by molar-refractivity contribution is 0.229. The summed E-state index contributed by atoms with van der Waals surface area (Å²) in [6, 6.07) is 0.417. The van der Waals surface area contributed by atoms with Gasteiger partial charge in [0.25, 0.3) is 0 Å². The van der Waals surface area contributed by atoms with E-state index in [1.165, 1.54) is 7.05 Å². The van der Waals surface area contributed by atoms with Crippen molar-refractivity contribution in [3.05, 3.63) is 16.1 Å². The Morgan fingerprint density at radius 1 is 1.45 bits per heavy atom. The fourth-order valence-electron chi connectivity index (χ4n) is 1.58. The van der Waals surface area contributed by atoms with E-state index in [1.54, 1.807) is 6.92 Å². The number of carbonyl (C=O) groups excluding carboxylic acids is 1. The van der Waals surface area contributed by atoms with Gasteiger partial charge in [-0.25, -0.2) is 4.79 Å². The summed E-state index contributed by atoms with van der Waals surface area (Å²) in [6.07, 6.45) is 0. The van der Waals surface area contributed by atoms with Crippen molar-refractivity contribution in [1.82, 2.24) is 4.90 Å². The maximum Gasteiger partial charge on any atom is 0.331 e. The highest BCUT2D eigenvalue weighted by Crippen LogP contribution is 2.45. The van der Waals surface area contributed by atoms with E-state index in [0.717, 1.165) is 15.9 Å². The van der Waals surface area contributed by atoms with Crippen molar-refractivity contribution in [2.24, 2.45) is 5.73 Å². The first-order chi connectivity index (χ1) is 9.22. The number of carbonyl (C=O) groups is 1. The lowest BCUT2D eigenvalue weighted by atomic mass is 10.2. The maximum absolute atomic E-state index is 12.2. The van der Waals surface area contributed by atoms with E-state index in [9.17, 15) is 15.0 Å². The minimum absolute atomic E-state index is 0.00772. The van der Waals surface area contributed by atoms with E-state index in [2.05, 4.69) is 0 Å². The third kappa shape index (κ3) is 2.83. The number of nitrogens with two attached hydrogens (primary N) is 1. The predicted octanol–water partition coefficient (Wildman–Crippen LogP) is 2.18. The van der Waals surface area contributed by atoms with Crippen molar-refractivity contribution in [3.8, 4) is 11.5 Å². The summed E-state index contributed by atoms with van der Waals surface area (Å²) in [6.45, 7) is 1.82. The number of anilines is 1. The van der Waals surface area contributed by atoms with Gasteiger partial charge in [-0.1, -0.05) is 23.2 Å². The fraction of sp³-hybridized carbons (Fsp3) is 0.273. The summed E-state index contributed by atoms with van der Waals surface area (Å²) in [5.41, 5.74) is 5.31. The molecule has 9 heteroatoms. The first-order valence-electron chi connectivity index (χ1n) is 5.51. The molecule has 0 atom stereocenters. The molecular weight excluding hydrogens is 307 g/mol. The number of urea groups is 1. The second kappa shape index (κ2) is 6.06. The highest BCUT2D eigenvalue weighted by Gasteiger charge is 2.26. The third-order valence-electron chi connectivity index (χ3n) is 2.61. The Morgan fingerprint density at radius 2 is 2.00 bits per heavy atom. The van der Waals surface area contributed by atoms with Crippen LogP contribution in [0.4, 0.5) is 10.5 Å². The molecule has 1 aromatic carbocycles. The van der Waals surface area contributed by atoms with Crippen LogP contribution in [0.25, 0.3) is 0 Å². The number of benzene rings is 1. The zero-order chi connectivity index (χ0) is 15.6. The number of nitrogens with zero attached hydrogens (tertiary/aromatic N) is 2. The van der Waals surface area contributed by atoms with Crippen LogP contribution >= 0.6 is 23.2 Å². The number of hydrogen-bond donors (Lipinski definition) is 4. The quantitative estimate of drug-likeness (QED) is 0.380. The van der Waals surface area contributed by atoms with Crippen molar-refractivity contribution >= 4 is 40.9 Å². The second-order valence-electron chi connectivity index (χ2n) is 3.86. The summed E-state index contributed by atoms with van der Waals surface area (Å²) >= 11 is 11.8. The average Bonchev–Trinajstić information content (AvgIpc) is 2.36. The molecule has 1 rings (SSSR count). The second-order valence-corrected chi connectivity index (χ2v) is 4.64. The van der Waals surface area contributed by atoms with Crippen LogP contribution in [0.1, 0.15) is 6.92 Å². The number of aromatic hydroxyl groups is 2. The molecular formula is C11H14Cl2N4O3. The van der Waals surface area contributed by atoms with Crippen molar-refractivity contribution < 1.29 is 15.0 Å². The van der Waals surface area contributed by atoms with Gasteiger partial charge in [-0.3, -0.25) is 15.2 Å². The summed E-state index contributed by atoms with van der Waals surface area (Å²) in [5, 5.41) is 26.0. The number of nitrogens with one attached hydrogen (secondary N) is 1. The average molecular weight is 321 g/mol. The summed E-state index contributed by atoms with van der Waals surface area (Å²) in [4.78, 5) is 14.2. The zero-order valence-corrected chi connectivity index (χ0v) is 12.3. The van der Waals surface area contributed by atoms with Gasteiger partial charge < -0.3 is 15.9 Å². The molecule has 0 spiro atoms. The van der Waals surface area contributed by atoms with Gasteiger partial charge >= 0.3 is 6.03 Å². The number of amides is 2. The molecule has 0 fully saturated rings. The van der Waals surface area contributed by atoms with Gasteiger partial charge in [-0.2, -0.15) is 0 Å². The highest BCUT2D eigenvalue weighted by molar-refractivity contribution is 6.41. The topological polar surface area (TPSA) is 114 Å². The standard InChI is InChI=1S/C11H14Cl2N4O3/c1-3-17(10(14)15)11(20)16(2)8-5(12)4-6(18)9(19)7(8)13/h4,18-19H,3H2,1-2H3,(H3,14,15). The van der Waals surface area contributed by atoms with Gasteiger partial charge in [0, 0.05) is 19.7 Å². The van der Waals surface area contributed by atoms with Crippen LogP contribution in [0.2, 0.25) is 10.0 Å². The Kier molecular flexibility index (Phi) is 4.91. The van der Waals surface area contributed by atoms with Gasteiger partial charge in [-0.15, -0.1) is 0 Å². The van der Waals surface area contributed by atoms with Crippen molar-refractivity contribution in [3.63, 3.8) is 0 Å². The number of rotatable bonds is 2. The molecule has 0 saturated carbocycles. The van der Waals surface area contributed by atoms with Crippen LogP contribution in [0.15, 0.2) is 6.07 Å². The van der Waals surface area contributed by atoms with Crippen LogP contribution < -0.4 is 10.6 Å². The van der Waals surface area contributed by atoms with E-state index < -0.39 is 23.5 Å². The Labute approximate surface area is 125 Å². The molecule has 5 N–H and O–H groups in total. The molecule has 0 heterocycles. The predicted molar refractivity (Wildman–Crippen MR) is 77.9 cm³/mol. The number of halogens is 2. The van der Waals surface area contributed by atoms with E-state index >= 15 is 0 Å². The van der Waals surface area contributed by atoms with E-state index in [-0.39, 0.29) is 22.3 Å². The zero-order valence-electron chi connectivity index (χ0n) is 10.8. The van der Waals surface area contributed by atoms with Crippen LogP contribution in [0, 0.1) is 5.41 Å². The molecule has 0 bridgehead atoms. The third-order valence-corrected chi connectivity index (χ3v) is 3.25. The Hall–Kier alpha value is -1.86. The molecule has 110 valence electrons. The van der Waals surface area contributed by atoms with E-state index in [0.29, 0.717) is 0 Å². The number of phenolic OH excluding ortho intramolecular Hbond substituents is 2. The normalized spacial score (nSPS) is 10.2. The molecule has 2 amide bonds. The van der Waals surface area contributed by atoms with Gasteiger partial charge in [0.05, 0.1) is 10.7 Å². The minimum Gasteiger partial charge on any atom is -0.504 e. The number of hydrogen-bond acceptors (Lipinski definition) is 4. The van der Waals surface area contributed by atoms with Crippen LogP contribution in [-0.2, 0) is 0 Å². The van der Waals surface area contributed by atoms with Gasteiger partial charge in [0.15, 0.2) is 17.5 Å². The number of phenols is 2. The van der Waals surface area contributed by atoms with Gasteiger partial charge in [-0.05, 0) is 6.92 Å². The van der Waals surface area contributed by atoms with E-state index in [4.69, 9.17) is 34.3 Å². The number of guanidine groups is 1. The first kappa shape index (κ1) is 16.2. The minimum atomic E-state index is -0.645. The maximum atomic E-state index is 12.2. The molecule has 0 saturated heterocycles. The molecule has 20 heavy (non-hydrogen) atoms. The van der Waals surface area contributed by atoms with E-state index in [1.807, 2.05) is 0 Å². The van der Waals surface area contributed by atoms with Crippen molar-refractivity contribution in [2.45, 2.75) is 6.92 Å². The van der Waals surface area contributed by atoms with Gasteiger partial charge in [0.1, 0.15) is 5.02 Å².